The minimum absolute atomic E-state index is 0.209. The number of ether oxygens (including phenoxy) is 1. The first-order chi connectivity index (χ1) is 6.94. The fraction of sp³-hybridized carbons (Fsp3) is 0.364. The Hall–Kier alpha value is -1.27. The molecule has 0 aliphatic carbocycles. The predicted molar refractivity (Wildman–Crippen MR) is 56.3 cm³/mol. The van der Waals surface area contributed by atoms with Crippen molar-refractivity contribution in [2.45, 2.75) is 25.9 Å². The molecular formula is C11H11ClFNO. The zero-order chi connectivity index (χ0) is 11.5. The Labute approximate surface area is 93.2 Å². The van der Waals surface area contributed by atoms with Crippen LogP contribution in [0.2, 0.25) is 5.02 Å². The standard InChI is InChI=1S/C11H11ClFNO/c1-11(2,5-6-14)15-10-4-3-8(13)7-9(10)12/h3-4,7H,5H2,1-2H3. The minimum atomic E-state index is -0.629. The van der Waals surface area contributed by atoms with E-state index in [1.165, 1.54) is 18.2 Å². The van der Waals surface area contributed by atoms with Crippen LogP contribution in [0, 0.1) is 17.1 Å². The highest BCUT2D eigenvalue weighted by atomic mass is 35.5. The Kier molecular flexibility index (Phi) is 3.54. The second-order valence-electron chi connectivity index (χ2n) is 3.77. The Bertz CT molecular complexity index is 398. The van der Waals surface area contributed by atoms with Crippen molar-refractivity contribution in [3.63, 3.8) is 0 Å². The smallest absolute Gasteiger partial charge is 0.138 e. The zero-order valence-electron chi connectivity index (χ0n) is 8.55. The fourth-order valence-electron chi connectivity index (χ4n) is 1.08. The number of benzene rings is 1. The van der Waals surface area contributed by atoms with Crippen molar-refractivity contribution in [3.8, 4) is 11.8 Å². The fourth-order valence-corrected chi connectivity index (χ4v) is 1.29. The van der Waals surface area contributed by atoms with E-state index in [-0.39, 0.29) is 11.4 Å². The Morgan fingerprint density at radius 3 is 2.73 bits per heavy atom. The number of halogens is 2. The molecule has 4 heteroatoms. The SMILES string of the molecule is CC(C)(CC#N)Oc1ccc(F)cc1Cl. The second-order valence-corrected chi connectivity index (χ2v) is 4.18. The highest BCUT2D eigenvalue weighted by Gasteiger charge is 2.20. The van der Waals surface area contributed by atoms with Crippen molar-refractivity contribution in [3.05, 3.63) is 29.0 Å². The summed E-state index contributed by atoms with van der Waals surface area (Å²) in [6, 6.07) is 5.92. The van der Waals surface area contributed by atoms with Crippen LogP contribution in [0.15, 0.2) is 18.2 Å². The Balaban J connectivity index is 2.86. The van der Waals surface area contributed by atoms with Gasteiger partial charge in [-0.3, -0.25) is 0 Å². The maximum atomic E-state index is 12.7. The molecule has 1 aromatic carbocycles. The molecule has 0 saturated heterocycles. The first-order valence-electron chi connectivity index (χ1n) is 4.45. The van der Waals surface area contributed by atoms with E-state index in [1.54, 1.807) is 13.8 Å². The van der Waals surface area contributed by atoms with Gasteiger partial charge in [0.25, 0.3) is 0 Å². The molecule has 0 unspecified atom stereocenters. The summed E-state index contributed by atoms with van der Waals surface area (Å²) in [5, 5.41) is 8.78. The van der Waals surface area contributed by atoms with Crippen LogP contribution in [0.4, 0.5) is 4.39 Å². The minimum Gasteiger partial charge on any atom is -0.485 e. The molecule has 15 heavy (non-hydrogen) atoms. The summed E-state index contributed by atoms with van der Waals surface area (Å²) in [4.78, 5) is 0. The monoisotopic (exact) mass is 227 g/mol. The van der Waals surface area contributed by atoms with E-state index < -0.39 is 11.4 Å². The van der Waals surface area contributed by atoms with E-state index >= 15 is 0 Å². The van der Waals surface area contributed by atoms with Gasteiger partial charge in [-0.25, -0.2) is 4.39 Å². The van der Waals surface area contributed by atoms with E-state index in [2.05, 4.69) is 0 Å². The van der Waals surface area contributed by atoms with Crippen LogP contribution in [0.5, 0.6) is 5.75 Å². The number of nitriles is 1. The Morgan fingerprint density at radius 1 is 1.53 bits per heavy atom. The highest BCUT2D eigenvalue weighted by Crippen LogP contribution is 2.29. The third kappa shape index (κ3) is 3.41. The van der Waals surface area contributed by atoms with Crippen LogP contribution < -0.4 is 4.74 Å². The van der Waals surface area contributed by atoms with Crippen molar-refractivity contribution in [1.82, 2.24) is 0 Å². The van der Waals surface area contributed by atoms with Crippen molar-refractivity contribution < 1.29 is 9.13 Å². The molecule has 0 aliphatic heterocycles. The van der Waals surface area contributed by atoms with Gasteiger partial charge in [-0.05, 0) is 32.0 Å². The van der Waals surface area contributed by atoms with Crippen molar-refractivity contribution in [2.75, 3.05) is 0 Å². The molecule has 80 valence electrons. The van der Waals surface area contributed by atoms with Gasteiger partial charge >= 0.3 is 0 Å². The molecule has 0 spiro atoms. The molecule has 0 aliphatic rings. The second kappa shape index (κ2) is 4.50. The number of hydrogen-bond acceptors (Lipinski definition) is 2. The van der Waals surface area contributed by atoms with Crippen molar-refractivity contribution in [2.24, 2.45) is 0 Å². The summed E-state index contributed by atoms with van der Waals surface area (Å²) in [5.74, 6) is -0.0243. The lowest BCUT2D eigenvalue weighted by molar-refractivity contribution is 0.115. The molecule has 1 rings (SSSR count). The maximum absolute atomic E-state index is 12.7. The normalized spacial score (nSPS) is 10.9. The van der Waals surface area contributed by atoms with E-state index in [9.17, 15) is 4.39 Å². The summed E-state index contributed by atoms with van der Waals surface area (Å²) >= 11 is 5.79. The van der Waals surface area contributed by atoms with Crippen LogP contribution in [0.3, 0.4) is 0 Å². The summed E-state index contributed by atoms with van der Waals surface area (Å²) in [5.41, 5.74) is -0.629. The molecule has 0 saturated carbocycles. The van der Waals surface area contributed by atoms with Gasteiger partial charge in [0.15, 0.2) is 0 Å². The Morgan fingerprint density at radius 2 is 2.20 bits per heavy atom. The van der Waals surface area contributed by atoms with Gasteiger partial charge in [0, 0.05) is 0 Å². The van der Waals surface area contributed by atoms with Gasteiger partial charge in [0.05, 0.1) is 17.5 Å². The van der Waals surface area contributed by atoms with Crippen LogP contribution in [0.1, 0.15) is 20.3 Å². The highest BCUT2D eigenvalue weighted by molar-refractivity contribution is 6.32. The van der Waals surface area contributed by atoms with Gasteiger partial charge < -0.3 is 4.74 Å². The topological polar surface area (TPSA) is 33.0 Å². The lowest BCUT2D eigenvalue weighted by atomic mass is 10.1. The predicted octanol–water partition coefficient (Wildman–Crippen LogP) is 3.55. The summed E-state index contributed by atoms with van der Waals surface area (Å²) in [6.45, 7) is 3.55. The summed E-state index contributed by atoms with van der Waals surface area (Å²) in [7, 11) is 0. The van der Waals surface area contributed by atoms with E-state index in [1.807, 2.05) is 6.07 Å². The third-order valence-electron chi connectivity index (χ3n) is 1.78. The molecule has 0 fully saturated rings. The molecule has 1 aromatic rings. The van der Waals surface area contributed by atoms with Gasteiger partial charge in [0.1, 0.15) is 17.2 Å². The van der Waals surface area contributed by atoms with Gasteiger partial charge in [0.2, 0.25) is 0 Å². The zero-order valence-corrected chi connectivity index (χ0v) is 9.31. The molecule has 0 aromatic heterocycles. The first-order valence-corrected chi connectivity index (χ1v) is 4.83. The quantitative estimate of drug-likeness (QED) is 0.791. The molecule has 0 bridgehead atoms. The van der Waals surface area contributed by atoms with E-state index in [4.69, 9.17) is 21.6 Å². The molecule has 0 atom stereocenters. The van der Waals surface area contributed by atoms with Crippen LogP contribution in [0.25, 0.3) is 0 Å². The lowest BCUT2D eigenvalue weighted by Crippen LogP contribution is -2.27. The number of rotatable bonds is 3. The van der Waals surface area contributed by atoms with Crippen molar-refractivity contribution >= 4 is 11.6 Å². The lowest BCUT2D eigenvalue weighted by Gasteiger charge is -2.24. The molecular weight excluding hydrogens is 217 g/mol. The van der Waals surface area contributed by atoms with Crippen LogP contribution >= 0.6 is 11.6 Å². The third-order valence-corrected chi connectivity index (χ3v) is 2.08. The molecule has 0 N–H and O–H groups in total. The molecule has 0 heterocycles. The van der Waals surface area contributed by atoms with Crippen LogP contribution in [-0.2, 0) is 0 Å². The van der Waals surface area contributed by atoms with Crippen molar-refractivity contribution in [1.29, 1.82) is 5.26 Å². The largest absolute Gasteiger partial charge is 0.485 e. The summed E-state index contributed by atoms with van der Waals surface area (Å²) < 4.78 is 18.2. The van der Waals surface area contributed by atoms with Crippen LogP contribution in [-0.4, -0.2) is 5.60 Å². The average Bonchev–Trinajstić information content (AvgIpc) is 2.09. The van der Waals surface area contributed by atoms with Gasteiger partial charge in [-0.2, -0.15) is 5.26 Å². The van der Waals surface area contributed by atoms with Gasteiger partial charge in [-0.15, -0.1) is 0 Å². The molecule has 0 radical (unpaired) electrons. The molecule has 0 amide bonds. The summed E-state index contributed by atoms with van der Waals surface area (Å²) in [6.07, 6.45) is 0.237. The average molecular weight is 228 g/mol. The van der Waals surface area contributed by atoms with Gasteiger partial charge in [-0.1, -0.05) is 11.6 Å². The first kappa shape index (κ1) is 11.8. The number of nitrogens with zero attached hydrogens (tertiary/aromatic N) is 1. The number of hydrogen-bond donors (Lipinski definition) is 0. The maximum Gasteiger partial charge on any atom is 0.138 e. The van der Waals surface area contributed by atoms with E-state index in [0.29, 0.717) is 5.75 Å². The van der Waals surface area contributed by atoms with E-state index in [0.717, 1.165) is 0 Å². The molecule has 2 nitrogen and oxygen atoms in total.